The number of aryl methyl sites for hydroxylation is 1. The quantitative estimate of drug-likeness (QED) is 0.358. The number of hydrogen-bond acceptors (Lipinski definition) is 10. The molecule has 35 heavy (non-hydrogen) atoms. The topological polar surface area (TPSA) is 115 Å². The Hall–Kier alpha value is -3.89. The Labute approximate surface area is 206 Å². The molecule has 2 aromatic heterocycles. The molecule has 0 saturated heterocycles. The van der Waals surface area contributed by atoms with Crippen LogP contribution in [0.3, 0.4) is 0 Å². The van der Waals surface area contributed by atoms with Crippen molar-refractivity contribution in [1.29, 1.82) is 0 Å². The van der Waals surface area contributed by atoms with Crippen LogP contribution in [0.25, 0.3) is 11.6 Å². The number of rotatable bonds is 8. The number of nitrogens with zero attached hydrogens (tertiary/aromatic N) is 4. The molecular weight excluding hydrogens is 464 g/mol. The van der Waals surface area contributed by atoms with E-state index in [-0.39, 0.29) is 24.1 Å². The number of ether oxygens (including phenoxy) is 1. The summed E-state index contributed by atoms with van der Waals surface area (Å²) in [6.07, 6.45) is -0.629. The zero-order chi connectivity index (χ0) is 24.2. The molecule has 0 unspecified atom stereocenters. The van der Waals surface area contributed by atoms with Gasteiger partial charge in [0.05, 0.1) is 17.3 Å². The number of thiazole rings is 1. The number of aliphatic imine (C=N–C) groups is 1. The van der Waals surface area contributed by atoms with Crippen LogP contribution in [-0.2, 0) is 16.0 Å². The van der Waals surface area contributed by atoms with E-state index in [9.17, 15) is 4.79 Å². The van der Waals surface area contributed by atoms with Gasteiger partial charge in [0.1, 0.15) is 5.00 Å². The maximum Gasteiger partial charge on any atom is 0.317 e. The molecule has 0 saturated carbocycles. The zero-order valence-corrected chi connectivity index (χ0v) is 20.1. The molecule has 0 amide bonds. The van der Waals surface area contributed by atoms with E-state index in [4.69, 9.17) is 14.1 Å². The average molecular weight is 489 g/mol. The number of nitrogens with one attached hydrogen (secondary N) is 2. The number of hydrogen-bond donors (Lipinski definition) is 2. The molecule has 0 fully saturated rings. The predicted octanol–water partition coefficient (Wildman–Crippen LogP) is 3.96. The van der Waals surface area contributed by atoms with Crippen LogP contribution in [0, 0.1) is 6.92 Å². The summed E-state index contributed by atoms with van der Waals surface area (Å²) in [6, 6.07) is 17.8. The van der Waals surface area contributed by atoms with Gasteiger partial charge < -0.3 is 19.8 Å². The summed E-state index contributed by atoms with van der Waals surface area (Å²) in [4.78, 5) is 22.5. The van der Waals surface area contributed by atoms with Gasteiger partial charge in [0.2, 0.25) is 0 Å². The lowest BCUT2D eigenvalue weighted by atomic mass is 9.96. The number of methoxy groups -OCH3 is 1. The van der Waals surface area contributed by atoms with Crippen LogP contribution in [0.1, 0.15) is 21.7 Å². The molecule has 1 aliphatic heterocycles. The number of carbonyl (C=O) groups is 1. The Bertz CT molecular complexity index is 1360. The maximum atomic E-state index is 13.1. The van der Waals surface area contributed by atoms with Gasteiger partial charge in [-0.15, -0.1) is 16.4 Å². The summed E-state index contributed by atoms with van der Waals surface area (Å²) >= 11 is 1.50. The molecule has 2 aromatic carbocycles. The molecule has 178 valence electrons. The van der Waals surface area contributed by atoms with Gasteiger partial charge in [0, 0.05) is 31.2 Å². The molecule has 2 N–H and O–H groups in total. The second-order valence-electron chi connectivity index (χ2n) is 7.93. The molecule has 9 nitrogen and oxygen atoms in total. The Balaban J connectivity index is 1.44. The highest BCUT2D eigenvalue weighted by atomic mass is 32.1. The van der Waals surface area contributed by atoms with E-state index in [0.717, 1.165) is 32.4 Å². The van der Waals surface area contributed by atoms with E-state index in [1.165, 1.54) is 11.3 Å². The fourth-order valence-electron chi connectivity index (χ4n) is 3.85. The highest BCUT2D eigenvalue weighted by Crippen LogP contribution is 2.33. The van der Waals surface area contributed by atoms with Gasteiger partial charge >= 0.3 is 6.01 Å². The summed E-state index contributed by atoms with van der Waals surface area (Å²) in [5.74, 6) is 0.169. The molecule has 0 aliphatic carbocycles. The van der Waals surface area contributed by atoms with Crippen LogP contribution in [0.5, 0.6) is 0 Å². The molecule has 0 bridgehead atoms. The number of aromatic nitrogens is 3. The van der Waals surface area contributed by atoms with E-state index >= 15 is 0 Å². The van der Waals surface area contributed by atoms with Crippen molar-refractivity contribution in [2.24, 2.45) is 4.99 Å². The van der Waals surface area contributed by atoms with Crippen molar-refractivity contribution in [3.05, 3.63) is 76.3 Å². The van der Waals surface area contributed by atoms with Crippen molar-refractivity contribution in [2.75, 3.05) is 30.9 Å². The highest BCUT2D eigenvalue weighted by Gasteiger charge is 2.27. The van der Waals surface area contributed by atoms with Crippen LogP contribution in [0.4, 0.5) is 11.0 Å². The van der Waals surface area contributed by atoms with Gasteiger partial charge in [-0.25, -0.2) is 4.98 Å². The lowest BCUT2D eigenvalue weighted by Crippen LogP contribution is -2.29. The minimum atomic E-state index is -0.873. The minimum absolute atomic E-state index is 0.0884. The number of Topliss-reactive ketones (excluding diaryl/α,β-unsaturated/α-hetero) is 1. The lowest BCUT2D eigenvalue weighted by molar-refractivity contribution is -0.119. The Kier molecular flexibility index (Phi) is 6.64. The summed E-state index contributed by atoms with van der Waals surface area (Å²) < 4.78 is 11.0. The molecule has 4 aromatic rings. The summed E-state index contributed by atoms with van der Waals surface area (Å²) in [7, 11) is 1.65. The van der Waals surface area contributed by atoms with Gasteiger partial charge in [-0.1, -0.05) is 59.7 Å². The van der Waals surface area contributed by atoms with E-state index in [1.807, 2.05) is 61.5 Å². The number of carbonyl (C=O) groups excluding carboxylic acids is 1. The molecule has 5 rings (SSSR count). The van der Waals surface area contributed by atoms with Crippen molar-refractivity contribution in [1.82, 2.24) is 15.2 Å². The van der Waals surface area contributed by atoms with Gasteiger partial charge in [0.15, 0.2) is 17.6 Å². The van der Waals surface area contributed by atoms with Crippen molar-refractivity contribution in [2.45, 2.75) is 19.5 Å². The molecule has 10 heteroatoms. The van der Waals surface area contributed by atoms with Crippen LogP contribution in [0.2, 0.25) is 0 Å². The fourth-order valence-corrected chi connectivity index (χ4v) is 4.69. The third kappa shape index (κ3) is 4.98. The Morgan fingerprint density at radius 1 is 1.11 bits per heavy atom. The van der Waals surface area contributed by atoms with E-state index in [2.05, 4.69) is 25.8 Å². The normalized spacial score (nSPS) is 15.3. The van der Waals surface area contributed by atoms with Crippen LogP contribution < -0.4 is 10.6 Å². The van der Waals surface area contributed by atoms with E-state index < -0.39 is 6.17 Å². The first-order valence-electron chi connectivity index (χ1n) is 11.2. The van der Waals surface area contributed by atoms with Crippen molar-refractivity contribution >= 4 is 33.8 Å². The molecule has 0 spiro atoms. The Morgan fingerprint density at radius 2 is 1.91 bits per heavy atom. The number of fused-ring (bicyclic) bond motifs is 1. The third-order valence-corrected chi connectivity index (χ3v) is 6.39. The highest BCUT2D eigenvalue weighted by molar-refractivity contribution is 7.16. The van der Waals surface area contributed by atoms with E-state index in [0.29, 0.717) is 18.8 Å². The summed E-state index contributed by atoms with van der Waals surface area (Å²) in [6.45, 7) is 3.09. The Morgan fingerprint density at radius 3 is 2.74 bits per heavy atom. The van der Waals surface area contributed by atoms with Gasteiger partial charge in [0.25, 0.3) is 5.89 Å². The first-order chi connectivity index (χ1) is 17.1. The maximum absolute atomic E-state index is 13.1. The SMILES string of the molecule is COCCNc1sc(C)nc1-c1nnc(N[C@H]2N=C(c3ccccc3)c3ccccc3CC2=O)o1. The smallest absolute Gasteiger partial charge is 0.317 e. The van der Waals surface area contributed by atoms with Crippen molar-refractivity contribution in [3.8, 4) is 11.6 Å². The first kappa shape index (κ1) is 22.9. The number of ketones is 1. The average Bonchev–Trinajstić information content (AvgIpc) is 3.45. The van der Waals surface area contributed by atoms with E-state index in [1.54, 1.807) is 7.11 Å². The molecular formula is C25H24N6O3S. The second kappa shape index (κ2) is 10.2. The number of anilines is 2. The first-order valence-corrected chi connectivity index (χ1v) is 12.0. The van der Waals surface area contributed by atoms with Crippen LogP contribution >= 0.6 is 11.3 Å². The monoisotopic (exact) mass is 488 g/mol. The predicted molar refractivity (Wildman–Crippen MR) is 135 cm³/mol. The van der Waals surface area contributed by atoms with Crippen LogP contribution in [-0.4, -0.2) is 53.1 Å². The van der Waals surface area contributed by atoms with Crippen molar-refractivity contribution in [3.63, 3.8) is 0 Å². The summed E-state index contributed by atoms with van der Waals surface area (Å²) in [5.41, 5.74) is 4.10. The molecule has 1 aliphatic rings. The van der Waals surface area contributed by atoms with Crippen LogP contribution in [0.15, 0.2) is 64.0 Å². The van der Waals surface area contributed by atoms with Crippen molar-refractivity contribution < 1.29 is 13.9 Å². The summed E-state index contributed by atoms with van der Waals surface area (Å²) in [5, 5.41) is 16.3. The van der Waals surface area contributed by atoms with Gasteiger partial charge in [-0.3, -0.25) is 9.79 Å². The number of benzene rings is 2. The van der Waals surface area contributed by atoms with Gasteiger partial charge in [-0.05, 0) is 12.5 Å². The lowest BCUT2D eigenvalue weighted by Gasteiger charge is -2.11. The standard InChI is InChI=1S/C25H24N6O3S/c1-15-27-21(24(35-15)26-12-13-33-2)23-30-31-25(34-23)29-22-19(32)14-17-10-6-7-11-18(17)20(28-22)16-8-4-3-5-9-16/h3-11,22,26H,12-14H2,1-2H3,(H,29,31)/t22-/m1/s1. The second-order valence-corrected chi connectivity index (χ2v) is 9.14. The fraction of sp³-hybridized carbons (Fsp3) is 0.240. The zero-order valence-electron chi connectivity index (χ0n) is 19.3. The molecule has 1 atom stereocenters. The molecule has 0 radical (unpaired) electrons. The molecule has 3 heterocycles. The minimum Gasteiger partial charge on any atom is -0.402 e. The van der Waals surface area contributed by atoms with Gasteiger partial charge in [-0.2, -0.15) is 0 Å². The largest absolute Gasteiger partial charge is 0.402 e. The third-order valence-electron chi connectivity index (χ3n) is 5.46.